The summed E-state index contributed by atoms with van der Waals surface area (Å²) in [5, 5.41) is 18.5. The number of aryl methyl sites for hydroxylation is 1. The molecule has 3 aromatic carbocycles. The number of benzene rings is 3. The van der Waals surface area contributed by atoms with Crippen LogP contribution in [0, 0.1) is 13.5 Å². The van der Waals surface area contributed by atoms with Gasteiger partial charge in [0.25, 0.3) is 5.91 Å². The number of carbonyl (C=O) groups excluding carboxylic acids is 1. The van der Waals surface area contributed by atoms with Crippen molar-refractivity contribution in [2.45, 2.75) is 31.8 Å². The zero-order valence-corrected chi connectivity index (χ0v) is 18.8. The number of rotatable bonds is 6. The summed E-state index contributed by atoms with van der Waals surface area (Å²) in [7, 11) is 0. The lowest BCUT2D eigenvalue weighted by Crippen LogP contribution is -2.17. The number of nitrogens with zero attached hydrogens (tertiary/aromatic N) is 3. The summed E-state index contributed by atoms with van der Waals surface area (Å²) in [5.74, 6) is 0.157. The Kier molecular flexibility index (Phi) is 5.70. The second-order valence-corrected chi connectivity index (χ2v) is 8.64. The second kappa shape index (κ2) is 8.97. The maximum Gasteiger partial charge on any atom is 0.274 e. The molecule has 0 radical (unpaired) electrons. The van der Waals surface area contributed by atoms with E-state index in [1.807, 2.05) is 61.5 Å². The third-order valence-electron chi connectivity index (χ3n) is 5.98. The molecule has 1 amide bonds. The average molecular weight is 449 g/mol. The first-order chi connectivity index (χ1) is 16.5. The van der Waals surface area contributed by atoms with Crippen LogP contribution in [0.3, 0.4) is 0 Å². The molecule has 0 aliphatic heterocycles. The van der Waals surface area contributed by atoms with Gasteiger partial charge in [0.05, 0.1) is 18.0 Å². The number of hydrogen-bond acceptors (Lipinski definition) is 3. The quantitative estimate of drug-likeness (QED) is 0.359. The van der Waals surface area contributed by atoms with Gasteiger partial charge in [-0.15, -0.1) is 0 Å². The van der Waals surface area contributed by atoms with Gasteiger partial charge in [-0.05, 0) is 72.7 Å². The first kappa shape index (κ1) is 21.6. The molecular weight excluding hydrogens is 424 g/mol. The first-order valence-electron chi connectivity index (χ1n) is 11.3. The van der Waals surface area contributed by atoms with Crippen LogP contribution in [0.4, 0.5) is 11.4 Å². The average Bonchev–Trinajstić information content (AvgIpc) is 3.65. The van der Waals surface area contributed by atoms with Crippen molar-refractivity contribution in [3.63, 3.8) is 0 Å². The van der Waals surface area contributed by atoms with Crippen LogP contribution in [-0.4, -0.2) is 20.8 Å². The fourth-order valence-electron chi connectivity index (χ4n) is 4.13. The highest BCUT2D eigenvalue weighted by Crippen LogP contribution is 2.42. The number of nitrogens with one attached hydrogen (secondary N) is 1. The van der Waals surface area contributed by atoms with E-state index >= 15 is 0 Å². The Morgan fingerprint density at radius 2 is 1.85 bits per heavy atom. The van der Waals surface area contributed by atoms with Crippen molar-refractivity contribution in [1.82, 2.24) is 9.78 Å². The Labute approximate surface area is 198 Å². The number of aliphatic hydroxyl groups is 1. The first-order valence-corrected chi connectivity index (χ1v) is 11.3. The minimum absolute atomic E-state index is 0.304. The van der Waals surface area contributed by atoms with Gasteiger partial charge < -0.3 is 10.4 Å². The summed E-state index contributed by atoms with van der Waals surface area (Å²) in [6, 6.07) is 24.1. The number of anilines is 1. The van der Waals surface area contributed by atoms with Crippen LogP contribution in [0.15, 0.2) is 78.9 Å². The summed E-state index contributed by atoms with van der Waals surface area (Å²) >= 11 is 0. The molecule has 1 aromatic heterocycles. The number of carbonyl (C=O) groups is 1. The highest BCUT2D eigenvalue weighted by atomic mass is 16.3. The van der Waals surface area contributed by atoms with E-state index in [2.05, 4.69) is 15.3 Å². The van der Waals surface area contributed by atoms with Crippen LogP contribution < -0.4 is 5.32 Å². The minimum atomic E-state index is -0.778. The van der Waals surface area contributed by atoms with Gasteiger partial charge >= 0.3 is 0 Å². The van der Waals surface area contributed by atoms with Crippen LogP contribution >= 0.6 is 0 Å². The molecule has 1 aliphatic carbocycles. The summed E-state index contributed by atoms with van der Waals surface area (Å²) in [6.45, 7) is 9.09. The Morgan fingerprint density at radius 1 is 1.06 bits per heavy atom. The van der Waals surface area contributed by atoms with Crippen molar-refractivity contribution in [1.29, 1.82) is 0 Å². The van der Waals surface area contributed by atoms with Crippen LogP contribution in [0.5, 0.6) is 0 Å². The normalized spacial score (nSPS) is 13.8. The summed E-state index contributed by atoms with van der Waals surface area (Å²) in [4.78, 5) is 16.8. The molecule has 1 unspecified atom stereocenters. The van der Waals surface area contributed by atoms with E-state index in [1.54, 1.807) is 28.9 Å². The zero-order chi connectivity index (χ0) is 23.7. The molecule has 0 saturated heterocycles. The topological polar surface area (TPSA) is 71.5 Å². The van der Waals surface area contributed by atoms with Crippen LogP contribution in [0.2, 0.25) is 0 Å². The van der Waals surface area contributed by atoms with Crippen molar-refractivity contribution >= 4 is 17.3 Å². The van der Waals surface area contributed by atoms with Crippen molar-refractivity contribution in [2.75, 3.05) is 5.32 Å². The minimum Gasteiger partial charge on any atom is -0.384 e. The summed E-state index contributed by atoms with van der Waals surface area (Å²) in [6.07, 6.45) is 1.45. The van der Waals surface area contributed by atoms with Gasteiger partial charge in [-0.3, -0.25) is 4.79 Å². The second-order valence-electron chi connectivity index (χ2n) is 8.64. The molecule has 1 atom stereocenters. The maximum absolute atomic E-state index is 13.3. The summed E-state index contributed by atoms with van der Waals surface area (Å²) in [5.41, 5.74) is 5.53. The van der Waals surface area contributed by atoms with E-state index in [9.17, 15) is 9.90 Å². The molecule has 5 rings (SSSR count). The van der Waals surface area contributed by atoms with E-state index in [4.69, 9.17) is 6.57 Å². The predicted octanol–water partition coefficient (Wildman–Crippen LogP) is 5.94. The Balaban J connectivity index is 1.48. The molecular formula is C28H24N4O2. The SMILES string of the molecule is [C-]#[N+]c1cccc(-n2nc(C)cc2C(=O)Nc2cc(C3CC3)cc(C(O)c3ccccc3)c2)c1. The molecule has 1 heterocycles. The zero-order valence-electron chi connectivity index (χ0n) is 18.8. The van der Waals surface area contributed by atoms with Crippen LogP contribution in [0.1, 0.15) is 57.7 Å². The highest BCUT2D eigenvalue weighted by Gasteiger charge is 2.26. The van der Waals surface area contributed by atoms with E-state index in [0.29, 0.717) is 34.4 Å². The fraction of sp³-hybridized carbons (Fsp3) is 0.179. The van der Waals surface area contributed by atoms with Gasteiger partial charge in [-0.2, -0.15) is 5.10 Å². The van der Waals surface area contributed by atoms with Gasteiger partial charge in [-0.1, -0.05) is 48.5 Å². The Bertz CT molecular complexity index is 1400. The molecule has 1 saturated carbocycles. The van der Waals surface area contributed by atoms with Gasteiger partial charge in [0.2, 0.25) is 0 Å². The van der Waals surface area contributed by atoms with Gasteiger partial charge in [0.1, 0.15) is 11.8 Å². The molecule has 6 nitrogen and oxygen atoms in total. The number of aromatic nitrogens is 2. The lowest BCUT2D eigenvalue weighted by Gasteiger charge is -2.16. The smallest absolute Gasteiger partial charge is 0.274 e. The third kappa shape index (κ3) is 4.47. The van der Waals surface area contributed by atoms with Crippen molar-refractivity contribution in [2.24, 2.45) is 0 Å². The third-order valence-corrected chi connectivity index (χ3v) is 5.98. The number of hydrogen-bond donors (Lipinski definition) is 2. The van der Waals surface area contributed by atoms with Crippen LogP contribution in [-0.2, 0) is 0 Å². The van der Waals surface area contributed by atoms with E-state index in [1.165, 1.54) is 0 Å². The van der Waals surface area contributed by atoms with Gasteiger partial charge in [0.15, 0.2) is 5.69 Å². The lowest BCUT2D eigenvalue weighted by molar-refractivity contribution is 0.101. The van der Waals surface area contributed by atoms with Gasteiger partial charge in [0, 0.05) is 5.69 Å². The molecule has 0 spiro atoms. The molecule has 34 heavy (non-hydrogen) atoms. The molecule has 6 heteroatoms. The number of amides is 1. The fourth-order valence-corrected chi connectivity index (χ4v) is 4.13. The Hall–Kier alpha value is -4.21. The number of aliphatic hydroxyl groups excluding tert-OH is 1. The lowest BCUT2D eigenvalue weighted by atomic mass is 9.97. The molecule has 1 aliphatic rings. The van der Waals surface area contributed by atoms with Crippen molar-refractivity contribution < 1.29 is 9.90 Å². The highest BCUT2D eigenvalue weighted by molar-refractivity contribution is 6.03. The van der Waals surface area contributed by atoms with E-state index < -0.39 is 6.10 Å². The maximum atomic E-state index is 13.3. The Morgan fingerprint density at radius 3 is 2.59 bits per heavy atom. The molecule has 2 N–H and O–H groups in total. The van der Waals surface area contributed by atoms with Crippen molar-refractivity contribution in [3.05, 3.63) is 118 Å². The molecule has 4 aromatic rings. The van der Waals surface area contributed by atoms with Gasteiger partial charge in [-0.25, -0.2) is 9.53 Å². The van der Waals surface area contributed by atoms with E-state index in [0.717, 1.165) is 29.5 Å². The predicted molar refractivity (Wildman–Crippen MR) is 131 cm³/mol. The van der Waals surface area contributed by atoms with Crippen molar-refractivity contribution in [3.8, 4) is 5.69 Å². The molecule has 1 fully saturated rings. The molecule has 0 bridgehead atoms. The standard InChI is InChI=1S/C28H24N4O2/c1-18-13-26(32(31-18)25-10-6-9-23(17-25)29-2)28(34)30-24-15-21(19-11-12-19)14-22(16-24)27(33)20-7-4-3-5-8-20/h3-10,13-17,19,27,33H,11-12H2,1H3,(H,30,34). The summed E-state index contributed by atoms with van der Waals surface area (Å²) < 4.78 is 1.56. The molecule has 168 valence electrons. The van der Waals surface area contributed by atoms with E-state index in [-0.39, 0.29) is 5.91 Å². The van der Waals surface area contributed by atoms with Crippen LogP contribution in [0.25, 0.3) is 10.5 Å². The monoisotopic (exact) mass is 448 g/mol. The largest absolute Gasteiger partial charge is 0.384 e.